The molecule has 2 amide bonds. The molecule has 2 aromatic rings. The van der Waals surface area contributed by atoms with E-state index in [1.54, 1.807) is 0 Å². The first-order valence-electron chi connectivity index (χ1n) is 15.0. The number of rotatable bonds is 7. The normalized spacial score (nSPS) is 36.2. The first-order chi connectivity index (χ1) is 19.0. The van der Waals surface area contributed by atoms with Crippen LogP contribution < -0.4 is 10.6 Å². The van der Waals surface area contributed by atoms with Crippen molar-refractivity contribution in [3.05, 3.63) is 71.8 Å². The third kappa shape index (κ3) is 3.61. The molecular formula is C34H44N2O4. The lowest BCUT2D eigenvalue weighted by Crippen LogP contribution is -2.56. The van der Waals surface area contributed by atoms with Crippen molar-refractivity contribution in [1.82, 2.24) is 10.6 Å². The van der Waals surface area contributed by atoms with Crippen LogP contribution in [0.25, 0.3) is 0 Å². The number of carbonyl (C=O) groups is 2. The Balaban J connectivity index is 1.40. The summed E-state index contributed by atoms with van der Waals surface area (Å²) >= 11 is 0. The fourth-order valence-electron chi connectivity index (χ4n) is 9.55. The van der Waals surface area contributed by atoms with Crippen LogP contribution in [0.2, 0.25) is 0 Å². The third-order valence-electron chi connectivity index (χ3n) is 12.3. The molecule has 2 aromatic carbocycles. The Labute approximate surface area is 238 Å². The van der Waals surface area contributed by atoms with Crippen molar-refractivity contribution < 1.29 is 19.8 Å². The second-order valence-corrected chi connectivity index (χ2v) is 14.1. The maximum absolute atomic E-state index is 14.4. The minimum absolute atomic E-state index is 0.144. The fraction of sp³-hybridized carbons (Fsp3) is 0.588. The van der Waals surface area contributed by atoms with E-state index in [1.807, 2.05) is 60.7 Å². The van der Waals surface area contributed by atoms with E-state index in [9.17, 15) is 19.8 Å². The zero-order valence-electron chi connectivity index (χ0n) is 24.2. The number of benzene rings is 2. The van der Waals surface area contributed by atoms with Crippen molar-refractivity contribution in [2.75, 3.05) is 0 Å². The number of fused-ring (bicyclic) bond motifs is 4. The Bertz CT molecular complexity index is 1180. The summed E-state index contributed by atoms with van der Waals surface area (Å²) in [5.41, 5.74) is -0.602. The van der Waals surface area contributed by atoms with Gasteiger partial charge in [0.15, 0.2) is 0 Å². The van der Waals surface area contributed by atoms with Crippen LogP contribution >= 0.6 is 0 Å². The van der Waals surface area contributed by atoms with E-state index in [-0.39, 0.29) is 22.6 Å². The first kappa shape index (κ1) is 27.5. The van der Waals surface area contributed by atoms with Gasteiger partial charge in [-0.05, 0) is 72.3 Å². The van der Waals surface area contributed by atoms with Crippen LogP contribution in [0, 0.1) is 33.5 Å². The van der Waals surface area contributed by atoms with Gasteiger partial charge in [0.1, 0.15) is 0 Å². The maximum atomic E-state index is 14.4. The predicted octanol–water partition coefficient (Wildman–Crippen LogP) is 5.08. The standard InChI is InChI=1S/C34H44N2O4/c1-31(2)23-15-17-33(31,25(37)19-23)29(39)35-27(21-11-7-5-8-12-21)28(22-13-9-6-10-14-22)36-30(40)34-18-16-24(20-26(34)38)32(34,3)4/h5-14,23-28,37-38H,15-20H2,1-4H3,(H,35,39)(H,36,40)/t23-,24-,25-,26-,27+,28+,33+,34+/m1/s1. The van der Waals surface area contributed by atoms with Gasteiger partial charge in [0, 0.05) is 0 Å². The molecule has 0 spiro atoms. The van der Waals surface area contributed by atoms with Gasteiger partial charge in [-0.25, -0.2) is 0 Å². The molecule has 0 saturated heterocycles. The molecule has 6 nitrogen and oxygen atoms in total. The summed E-state index contributed by atoms with van der Waals surface area (Å²) in [6, 6.07) is 18.5. The van der Waals surface area contributed by atoms with Gasteiger partial charge in [0.2, 0.25) is 11.8 Å². The summed E-state index contributed by atoms with van der Waals surface area (Å²) in [4.78, 5) is 28.7. The van der Waals surface area contributed by atoms with Crippen molar-refractivity contribution in [3.63, 3.8) is 0 Å². The number of amides is 2. The summed E-state index contributed by atoms with van der Waals surface area (Å²) < 4.78 is 0. The molecule has 4 bridgehead atoms. The number of aliphatic hydroxyl groups excluding tert-OH is 2. The minimum atomic E-state index is -0.864. The van der Waals surface area contributed by atoms with Gasteiger partial charge < -0.3 is 20.8 Å². The quantitative estimate of drug-likeness (QED) is 0.391. The summed E-state index contributed by atoms with van der Waals surface area (Å²) in [6.07, 6.45) is 3.10. The minimum Gasteiger partial charge on any atom is -0.392 e. The fourth-order valence-corrected chi connectivity index (χ4v) is 9.55. The third-order valence-corrected chi connectivity index (χ3v) is 12.3. The van der Waals surface area contributed by atoms with Crippen molar-refractivity contribution >= 4 is 11.8 Å². The number of carbonyl (C=O) groups excluding carboxylic acids is 2. The Morgan fingerprint density at radius 1 is 0.675 bits per heavy atom. The van der Waals surface area contributed by atoms with Gasteiger partial charge >= 0.3 is 0 Å². The largest absolute Gasteiger partial charge is 0.392 e. The van der Waals surface area contributed by atoms with Crippen molar-refractivity contribution in [2.45, 2.75) is 90.5 Å². The molecule has 0 heterocycles. The number of aliphatic hydroxyl groups is 2. The molecule has 6 rings (SSSR count). The van der Waals surface area contributed by atoms with Gasteiger partial charge in [-0.1, -0.05) is 88.4 Å². The van der Waals surface area contributed by atoms with Gasteiger partial charge in [0.05, 0.1) is 35.1 Å². The van der Waals surface area contributed by atoms with Crippen LogP contribution in [0.15, 0.2) is 60.7 Å². The molecule has 8 atom stereocenters. The monoisotopic (exact) mass is 544 g/mol. The Morgan fingerprint density at radius 3 is 1.30 bits per heavy atom. The van der Waals surface area contributed by atoms with E-state index >= 15 is 0 Å². The Hall–Kier alpha value is -2.70. The summed E-state index contributed by atoms with van der Waals surface area (Å²) in [5.74, 6) is 0.339. The lowest BCUT2D eigenvalue weighted by Gasteiger charge is -2.43. The molecule has 6 heteroatoms. The Kier molecular flexibility index (Phi) is 6.47. The topological polar surface area (TPSA) is 98.7 Å². The number of nitrogens with one attached hydrogen (secondary N) is 2. The SMILES string of the molecule is CC1(C)[C@@H]2CC[C@@]1(C(=O)N[C@@H](c1ccccc1)[C@@H](NC(=O)[C@]13CC[C@H](C[C@H]1O)C3(C)C)c1ccccc1)[C@H](O)C2. The van der Waals surface area contributed by atoms with E-state index in [2.05, 4.69) is 38.3 Å². The molecule has 214 valence electrons. The van der Waals surface area contributed by atoms with E-state index in [1.165, 1.54) is 0 Å². The molecule has 0 radical (unpaired) electrons. The highest BCUT2D eigenvalue weighted by molar-refractivity contribution is 5.87. The second kappa shape index (κ2) is 9.42. The number of hydrogen-bond acceptors (Lipinski definition) is 4. The van der Waals surface area contributed by atoms with Gasteiger partial charge in [-0.3, -0.25) is 9.59 Å². The molecule has 4 aliphatic carbocycles. The van der Waals surface area contributed by atoms with Crippen LogP contribution in [-0.2, 0) is 9.59 Å². The Morgan fingerprint density at radius 2 is 1.02 bits per heavy atom. The highest BCUT2D eigenvalue weighted by Gasteiger charge is 2.69. The molecular weight excluding hydrogens is 500 g/mol. The van der Waals surface area contributed by atoms with Crippen molar-refractivity contribution in [2.24, 2.45) is 33.5 Å². The van der Waals surface area contributed by atoms with E-state index in [0.717, 1.165) is 24.0 Å². The molecule has 4 saturated carbocycles. The van der Waals surface area contributed by atoms with Gasteiger partial charge in [-0.15, -0.1) is 0 Å². The first-order valence-corrected chi connectivity index (χ1v) is 15.0. The lowest BCUT2D eigenvalue weighted by atomic mass is 9.67. The van der Waals surface area contributed by atoms with Crippen LogP contribution in [0.1, 0.15) is 89.4 Å². The lowest BCUT2D eigenvalue weighted by molar-refractivity contribution is -0.147. The van der Waals surface area contributed by atoms with Crippen LogP contribution in [0.5, 0.6) is 0 Å². The summed E-state index contributed by atoms with van der Waals surface area (Å²) in [7, 11) is 0. The summed E-state index contributed by atoms with van der Waals surface area (Å²) in [6.45, 7) is 8.47. The summed E-state index contributed by atoms with van der Waals surface area (Å²) in [5, 5.41) is 29.1. The molecule has 0 unspecified atom stereocenters. The smallest absolute Gasteiger partial charge is 0.229 e. The van der Waals surface area contributed by atoms with E-state index in [0.29, 0.717) is 37.5 Å². The highest BCUT2D eigenvalue weighted by atomic mass is 16.3. The predicted molar refractivity (Wildman–Crippen MR) is 154 cm³/mol. The second-order valence-electron chi connectivity index (χ2n) is 14.1. The van der Waals surface area contributed by atoms with Crippen molar-refractivity contribution in [1.29, 1.82) is 0 Å². The zero-order valence-corrected chi connectivity index (χ0v) is 24.2. The molecule has 40 heavy (non-hydrogen) atoms. The molecule has 0 aromatic heterocycles. The van der Waals surface area contributed by atoms with Gasteiger partial charge in [0.25, 0.3) is 0 Å². The van der Waals surface area contributed by atoms with Crippen LogP contribution in [-0.4, -0.2) is 34.2 Å². The van der Waals surface area contributed by atoms with E-state index in [4.69, 9.17) is 0 Å². The maximum Gasteiger partial charge on any atom is 0.229 e. The molecule has 4 aliphatic rings. The molecule has 0 aliphatic heterocycles. The zero-order chi connectivity index (χ0) is 28.5. The molecule has 4 N–H and O–H groups in total. The molecule has 4 fully saturated rings. The average molecular weight is 545 g/mol. The number of hydrogen-bond donors (Lipinski definition) is 4. The van der Waals surface area contributed by atoms with Crippen LogP contribution in [0.4, 0.5) is 0 Å². The van der Waals surface area contributed by atoms with E-state index < -0.39 is 35.1 Å². The van der Waals surface area contributed by atoms with Crippen LogP contribution in [0.3, 0.4) is 0 Å². The average Bonchev–Trinajstić information content (AvgIpc) is 3.50. The highest BCUT2D eigenvalue weighted by Crippen LogP contribution is 2.67. The van der Waals surface area contributed by atoms with Crippen molar-refractivity contribution in [3.8, 4) is 0 Å². The van der Waals surface area contributed by atoms with Gasteiger partial charge in [-0.2, -0.15) is 0 Å².